The van der Waals surface area contributed by atoms with Crippen LogP contribution in [0.4, 0.5) is 17.1 Å². The summed E-state index contributed by atoms with van der Waals surface area (Å²) < 4.78 is 9.13. The fourth-order valence-corrected chi connectivity index (χ4v) is 13.1. The van der Waals surface area contributed by atoms with E-state index in [0.29, 0.717) is 0 Å². The Morgan fingerprint density at radius 1 is 0.409 bits per heavy atom. The maximum atomic E-state index is 2.77. The molecule has 15 rings (SSSR count). The highest BCUT2D eigenvalue weighted by Crippen LogP contribution is 2.55. The van der Waals surface area contributed by atoms with Crippen molar-refractivity contribution in [2.45, 2.75) is 0 Å². The molecular formula is C60H37BN4S. The fourth-order valence-electron chi connectivity index (χ4n) is 11.7. The van der Waals surface area contributed by atoms with Crippen LogP contribution < -0.4 is 15.1 Å². The normalized spacial score (nSPS) is 12.8. The zero-order valence-corrected chi connectivity index (χ0v) is 36.5. The molecule has 0 spiro atoms. The van der Waals surface area contributed by atoms with Gasteiger partial charge in [-0.05, 0) is 82.8 Å². The number of fused-ring (bicyclic) bond motifs is 12. The third kappa shape index (κ3) is 4.73. The minimum absolute atomic E-state index is 0.138. The Bertz CT molecular complexity index is 4090. The number of anilines is 3. The van der Waals surface area contributed by atoms with Gasteiger partial charge in [0, 0.05) is 76.8 Å². The summed E-state index contributed by atoms with van der Waals surface area (Å²) in [7, 11) is 0. The van der Waals surface area contributed by atoms with Crippen LogP contribution in [0.25, 0.3) is 98.7 Å². The monoisotopic (exact) mass is 856 g/mol. The Kier molecular flexibility index (Phi) is 7.43. The van der Waals surface area contributed by atoms with Crippen molar-refractivity contribution in [3.05, 3.63) is 224 Å². The van der Waals surface area contributed by atoms with E-state index in [1.54, 1.807) is 0 Å². The highest BCUT2D eigenvalue weighted by atomic mass is 32.1. The fraction of sp³-hybridized carbons (Fsp3) is 0. The van der Waals surface area contributed by atoms with E-state index in [1.807, 2.05) is 11.3 Å². The van der Waals surface area contributed by atoms with Crippen LogP contribution in [-0.2, 0) is 0 Å². The number of nitrogens with zero attached hydrogens (tertiary/aromatic N) is 4. The lowest BCUT2D eigenvalue weighted by Gasteiger charge is -2.39. The van der Waals surface area contributed by atoms with Crippen LogP contribution in [0.5, 0.6) is 0 Å². The number of aromatic nitrogens is 3. The molecule has 2 aliphatic heterocycles. The van der Waals surface area contributed by atoms with Gasteiger partial charge in [-0.1, -0.05) is 164 Å². The molecule has 4 nitrogen and oxygen atoms in total. The van der Waals surface area contributed by atoms with Gasteiger partial charge in [0.1, 0.15) is 4.83 Å². The summed E-state index contributed by atoms with van der Waals surface area (Å²) in [6.45, 7) is -0.138. The minimum Gasteiger partial charge on any atom is -0.374 e. The number of para-hydroxylation sites is 5. The predicted molar refractivity (Wildman–Crippen MR) is 280 cm³/mol. The van der Waals surface area contributed by atoms with Crippen LogP contribution in [0.2, 0.25) is 0 Å². The van der Waals surface area contributed by atoms with E-state index >= 15 is 0 Å². The second-order valence-corrected chi connectivity index (χ2v) is 18.6. The van der Waals surface area contributed by atoms with Crippen LogP contribution in [0.3, 0.4) is 0 Å². The summed E-state index contributed by atoms with van der Waals surface area (Å²) in [5.74, 6) is 0. The standard InChI is InChI=1S/C60H37BN4S/c1-6-21-38(22-7-1)51-53-56-46(43-31-16-18-34-48(43)62(56)40-25-10-3-11-26-40)37-47-44-33-20-36-50-54(44)61(65(57(47)53)55(51)39-23-8-2-9-24-39)59-58(63(50)41-27-12-4-13-28-41)52-45-32-17-19-35-49(45)64(60(52)66-59)42-29-14-5-15-30-42/h1-37H. The summed E-state index contributed by atoms with van der Waals surface area (Å²) in [5.41, 5.74) is 19.6. The molecule has 0 N–H and O–H groups in total. The van der Waals surface area contributed by atoms with Gasteiger partial charge < -0.3 is 18.5 Å². The summed E-state index contributed by atoms with van der Waals surface area (Å²) in [4.78, 5) is 3.83. The number of thiophene rings is 1. The van der Waals surface area contributed by atoms with E-state index in [0.717, 1.165) is 17.1 Å². The smallest absolute Gasteiger partial charge is 0.343 e. The van der Waals surface area contributed by atoms with Gasteiger partial charge in [0.15, 0.2) is 0 Å². The van der Waals surface area contributed by atoms with Crippen molar-refractivity contribution in [1.82, 2.24) is 13.6 Å². The molecule has 0 amide bonds. The number of hydrogen-bond acceptors (Lipinski definition) is 2. The predicted octanol–water partition coefficient (Wildman–Crippen LogP) is 14.6. The number of hydrogen-bond donors (Lipinski definition) is 0. The molecule has 0 bridgehead atoms. The molecular weight excluding hydrogens is 820 g/mol. The maximum absolute atomic E-state index is 2.77. The van der Waals surface area contributed by atoms with Crippen molar-refractivity contribution in [2.24, 2.45) is 0 Å². The summed E-state index contributed by atoms with van der Waals surface area (Å²) in [5, 5.41) is 6.31. The molecule has 0 saturated carbocycles. The highest BCUT2D eigenvalue weighted by molar-refractivity contribution is 7.32. The SMILES string of the molecule is c1ccc(-c2c(-c3ccccc3)n3c4c(cc5c6ccccc6n(-c6ccccc6)c5c24)-c2cccc4c2B3c2sc3c(c2N4c2ccccc2)c2ccccc2n3-c2ccccc2)cc1. The molecule has 2 aliphatic rings. The molecule has 0 aliphatic carbocycles. The quantitative estimate of drug-likeness (QED) is 0.158. The van der Waals surface area contributed by atoms with E-state index in [4.69, 9.17) is 0 Å². The molecule has 4 aromatic heterocycles. The van der Waals surface area contributed by atoms with Gasteiger partial charge in [0.2, 0.25) is 0 Å². The lowest BCUT2D eigenvalue weighted by Crippen LogP contribution is -2.55. The summed E-state index contributed by atoms with van der Waals surface area (Å²) >= 11 is 1.95. The van der Waals surface area contributed by atoms with Gasteiger partial charge in [-0.2, -0.15) is 0 Å². The first kappa shape index (κ1) is 36.1. The molecule has 0 radical (unpaired) electrons. The molecule has 0 fully saturated rings. The molecule has 0 saturated heterocycles. The lowest BCUT2D eigenvalue weighted by atomic mass is 9.48. The third-order valence-corrected chi connectivity index (χ3v) is 15.4. The van der Waals surface area contributed by atoms with E-state index in [1.165, 1.54) is 109 Å². The maximum Gasteiger partial charge on any atom is 0.343 e. The Morgan fingerprint density at radius 3 is 1.65 bits per heavy atom. The van der Waals surface area contributed by atoms with Crippen LogP contribution in [-0.4, -0.2) is 20.5 Å². The second-order valence-electron chi connectivity index (χ2n) is 17.6. The molecule has 6 heteroatoms. The van der Waals surface area contributed by atoms with E-state index in [9.17, 15) is 0 Å². The van der Waals surface area contributed by atoms with Gasteiger partial charge in [-0.3, -0.25) is 0 Å². The van der Waals surface area contributed by atoms with Crippen LogP contribution in [0.15, 0.2) is 224 Å². The van der Waals surface area contributed by atoms with Crippen LogP contribution >= 0.6 is 11.3 Å². The summed E-state index contributed by atoms with van der Waals surface area (Å²) in [6, 6.07) is 82.8. The van der Waals surface area contributed by atoms with Gasteiger partial charge in [-0.25, -0.2) is 0 Å². The molecule has 6 heterocycles. The zero-order chi connectivity index (χ0) is 43.0. The highest BCUT2D eigenvalue weighted by Gasteiger charge is 2.47. The van der Waals surface area contributed by atoms with E-state index in [2.05, 4.69) is 243 Å². The first-order valence-corrected chi connectivity index (χ1v) is 23.5. The van der Waals surface area contributed by atoms with Crippen molar-refractivity contribution >= 4 is 99.3 Å². The molecule has 0 atom stereocenters. The first-order chi connectivity index (χ1) is 32.8. The zero-order valence-electron chi connectivity index (χ0n) is 35.6. The Hall–Kier alpha value is -8.32. The van der Waals surface area contributed by atoms with Crippen LogP contribution in [0, 0.1) is 0 Å². The van der Waals surface area contributed by atoms with Gasteiger partial charge in [0.25, 0.3) is 0 Å². The largest absolute Gasteiger partial charge is 0.374 e. The van der Waals surface area contributed by atoms with Crippen molar-refractivity contribution in [1.29, 1.82) is 0 Å². The topological polar surface area (TPSA) is 18.0 Å². The minimum atomic E-state index is -0.138. The molecule has 9 aromatic carbocycles. The van der Waals surface area contributed by atoms with Crippen molar-refractivity contribution in [2.75, 3.05) is 4.90 Å². The van der Waals surface area contributed by atoms with E-state index in [-0.39, 0.29) is 6.85 Å². The lowest BCUT2D eigenvalue weighted by molar-refractivity contribution is 1.19. The van der Waals surface area contributed by atoms with Crippen LogP contribution in [0.1, 0.15) is 0 Å². The molecule has 66 heavy (non-hydrogen) atoms. The number of rotatable bonds is 5. The third-order valence-electron chi connectivity index (χ3n) is 14.2. The Balaban J connectivity index is 1.20. The van der Waals surface area contributed by atoms with E-state index < -0.39 is 0 Å². The summed E-state index contributed by atoms with van der Waals surface area (Å²) in [6.07, 6.45) is 0. The molecule has 306 valence electrons. The van der Waals surface area contributed by atoms with Gasteiger partial charge in [0.05, 0.1) is 22.2 Å². The Labute approximate surface area is 385 Å². The van der Waals surface area contributed by atoms with Gasteiger partial charge in [-0.15, -0.1) is 11.3 Å². The molecule has 13 aromatic rings. The van der Waals surface area contributed by atoms with Crippen molar-refractivity contribution in [3.8, 4) is 44.9 Å². The first-order valence-electron chi connectivity index (χ1n) is 22.7. The van der Waals surface area contributed by atoms with Gasteiger partial charge >= 0.3 is 6.85 Å². The molecule has 0 unspecified atom stereocenters. The average Bonchev–Trinajstić information content (AvgIpc) is 4.13. The second kappa shape index (κ2) is 13.6. The van der Waals surface area contributed by atoms with Crippen molar-refractivity contribution in [3.63, 3.8) is 0 Å². The van der Waals surface area contributed by atoms with Crippen molar-refractivity contribution < 1.29 is 0 Å². The average molecular weight is 857 g/mol. The Morgan fingerprint density at radius 2 is 0.970 bits per heavy atom. The number of benzene rings is 9.